The molecule has 1 aromatic heterocycles. The van der Waals surface area contributed by atoms with E-state index in [9.17, 15) is 4.79 Å². The number of aromatic nitrogens is 1. The van der Waals surface area contributed by atoms with Gasteiger partial charge in [0.05, 0.1) is 0 Å². The maximum atomic E-state index is 10.1. The van der Waals surface area contributed by atoms with Crippen molar-refractivity contribution in [2.24, 2.45) is 0 Å². The lowest BCUT2D eigenvalue weighted by Crippen LogP contribution is -1.85. The van der Waals surface area contributed by atoms with Gasteiger partial charge in [-0.2, -0.15) is 0 Å². The second-order valence-corrected chi connectivity index (χ2v) is 3.25. The van der Waals surface area contributed by atoms with Gasteiger partial charge in [0.25, 0.3) is 6.29 Å². The molecule has 0 aromatic carbocycles. The van der Waals surface area contributed by atoms with E-state index in [4.69, 9.17) is 0 Å². The van der Waals surface area contributed by atoms with Crippen LogP contribution in [0, 0.1) is 0 Å². The van der Waals surface area contributed by atoms with Crippen LogP contribution in [0.15, 0.2) is 23.2 Å². The predicted molar refractivity (Wildman–Crippen MR) is 45.4 cm³/mol. The highest BCUT2D eigenvalue weighted by Gasteiger charge is 1.93. The molecule has 0 N–H and O–H groups in total. The molecule has 0 unspecified atom stereocenters. The first-order chi connectivity index (χ1) is 5.36. The summed E-state index contributed by atoms with van der Waals surface area (Å²) in [5.74, 6) is 1.02. The van der Waals surface area contributed by atoms with E-state index < -0.39 is 0 Å². The zero-order chi connectivity index (χ0) is 8.10. The average Bonchev–Trinajstić information content (AvgIpc) is 2.07. The van der Waals surface area contributed by atoms with Gasteiger partial charge in [0, 0.05) is 11.1 Å². The molecule has 1 rings (SSSR count). The summed E-state index contributed by atoms with van der Waals surface area (Å²) in [7, 11) is 0. The van der Waals surface area contributed by atoms with Crippen molar-refractivity contribution < 1.29 is 4.79 Å². The lowest BCUT2D eigenvalue weighted by Gasteiger charge is -1.95. The fourth-order valence-electron chi connectivity index (χ4n) is 0.693. The van der Waals surface area contributed by atoms with Crippen LogP contribution in [-0.2, 0) is 4.79 Å². The highest BCUT2D eigenvalue weighted by atomic mass is 32.2. The SMILES string of the molecule is CCSc1ccc([C]=O)nc1. The van der Waals surface area contributed by atoms with Gasteiger partial charge >= 0.3 is 0 Å². The Bertz CT molecular complexity index is 232. The zero-order valence-electron chi connectivity index (χ0n) is 6.20. The number of pyridine rings is 1. The highest BCUT2D eigenvalue weighted by Crippen LogP contribution is 2.15. The van der Waals surface area contributed by atoms with Crippen LogP contribution in [0.1, 0.15) is 12.6 Å². The van der Waals surface area contributed by atoms with Gasteiger partial charge in [0.1, 0.15) is 5.69 Å². The van der Waals surface area contributed by atoms with E-state index in [-0.39, 0.29) is 0 Å². The van der Waals surface area contributed by atoms with Gasteiger partial charge in [0.2, 0.25) is 0 Å². The van der Waals surface area contributed by atoms with Crippen LogP contribution in [0.3, 0.4) is 0 Å². The Hall–Kier alpha value is -0.830. The Labute approximate surface area is 70.0 Å². The fraction of sp³-hybridized carbons (Fsp3) is 0.250. The molecule has 0 bridgehead atoms. The second-order valence-electron chi connectivity index (χ2n) is 1.91. The summed E-state index contributed by atoms with van der Waals surface area (Å²) in [6.07, 6.45) is 3.41. The zero-order valence-corrected chi connectivity index (χ0v) is 7.02. The van der Waals surface area contributed by atoms with E-state index in [0.29, 0.717) is 5.69 Å². The van der Waals surface area contributed by atoms with Gasteiger partial charge in [-0.15, -0.1) is 11.8 Å². The van der Waals surface area contributed by atoms with Crippen molar-refractivity contribution in [3.63, 3.8) is 0 Å². The van der Waals surface area contributed by atoms with Gasteiger partial charge in [-0.1, -0.05) is 6.92 Å². The monoisotopic (exact) mass is 166 g/mol. The molecule has 1 aromatic rings. The average molecular weight is 166 g/mol. The molecule has 0 atom stereocenters. The summed E-state index contributed by atoms with van der Waals surface area (Å²) in [6, 6.07) is 3.55. The maximum Gasteiger partial charge on any atom is 0.253 e. The summed E-state index contributed by atoms with van der Waals surface area (Å²) in [5, 5.41) is 0. The quantitative estimate of drug-likeness (QED) is 0.639. The van der Waals surface area contributed by atoms with Gasteiger partial charge in [-0.3, -0.25) is 9.78 Å². The molecular weight excluding hydrogens is 158 g/mol. The Kier molecular flexibility index (Phi) is 3.11. The first-order valence-electron chi connectivity index (χ1n) is 3.34. The van der Waals surface area contributed by atoms with E-state index in [0.717, 1.165) is 10.6 Å². The molecule has 0 saturated heterocycles. The standard InChI is InChI=1S/C8H8NOS/c1-2-11-8-4-3-7(6-10)9-5-8/h3-5H,2H2,1H3. The van der Waals surface area contributed by atoms with Crippen LogP contribution in [0.25, 0.3) is 0 Å². The van der Waals surface area contributed by atoms with Gasteiger partial charge in [0.15, 0.2) is 0 Å². The van der Waals surface area contributed by atoms with Crippen molar-refractivity contribution in [1.82, 2.24) is 4.98 Å². The van der Waals surface area contributed by atoms with Gasteiger partial charge in [-0.25, -0.2) is 0 Å². The third kappa shape index (κ3) is 2.35. The molecule has 0 spiro atoms. The minimum Gasteiger partial charge on any atom is -0.283 e. The lowest BCUT2D eigenvalue weighted by atomic mass is 10.4. The Morgan fingerprint density at radius 1 is 1.64 bits per heavy atom. The van der Waals surface area contributed by atoms with Crippen molar-refractivity contribution in [2.75, 3.05) is 5.75 Å². The largest absolute Gasteiger partial charge is 0.283 e. The molecule has 2 nitrogen and oxygen atoms in total. The van der Waals surface area contributed by atoms with Crippen molar-refractivity contribution in [1.29, 1.82) is 0 Å². The Morgan fingerprint density at radius 3 is 2.91 bits per heavy atom. The first kappa shape index (κ1) is 8.27. The summed E-state index contributed by atoms with van der Waals surface area (Å²) >= 11 is 1.70. The van der Waals surface area contributed by atoms with E-state index in [1.54, 1.807) is 30.3 Å². The summed E-state index contributed by atoms with van der Waals surface area (Å²) in [4.78, 5) is 15.0. The number of thioether (sulfide) groups is 1. The van der Waals surface area contributed by atoms with Crippen molar-refractivity contribution >= 4 is 18.0 Å². The second kappa shape index (κ2) is 4.13. The highest BCUT2D eigenvalue weighted by molar-refractivity contribution is 7.99. The summed E-state index contributed by atoms with van der Waals surface area (Å²) < 4.78 is 0. The van der Waals surface area contributed by atoms with Crippen LogP contribution < -0.4 is 0 Å². The van der Waals surface area contributed by atoms with Gasteiger partial charge < -0.3 is 0 Å². The predicted octanol–water partition coefficient (Wildman–Crippen LogP) is 1.65. The molecule has 0 saturated carbocycles. The molecule has 0 fully saturated rings. The number of hydrogen-bond donors (Lipinski definition) is 0. The Morgan fingerprint density at radius 2 is 2.45 bits per heavy atom. The normalized spacial score (nSPS) is 9.55. The van der Waals surface area contributed by atoms with Crippen LogP contribution in [0.5, 0.6) is 0 Å². The maximum absolute atomic E-state index is 10.1. The number of nitrogens with zero attached hydrogens (tertiary/aromatic N) is 1. The molecular formula is C8H8NOS. The minimum absolute atomic E-state index is 0.366. The Balaban J connectivity index is 2.74. The van der Waals surface area contributed by atoms with E-state index in [1.165, 1.54) is 0 Å². The van der Waals surface area contributed by atoms with Crippen LogP contribution in [0.4, 0.5) is 0 Å². The molecule has 0 amide bonds. The van der Waals surface area contributed by atoms with Crippen LogP contribution in [0.2, 0.25) is 0 Å². The summed E-state index contributed by atoms with van der Waals surface area (Å²) in [6.45, 7) is 2.07. The van der Waals surface area contributed by atoms with E-state index >= 15 is 0 Å². The third-order valence-electron chi connectivity index (χ3n) is 1.15. The smallest absolute Gasteiger partial charge is 0.253 e. The molecule has 57 valence electrons. The lowest BCUT2D eigenvalue weighted by molar-refractivity contribution is 0.561. The number of hydrogen-bond acceptors (Lipinski definition) is 3. The molecule has 3 heteroatoms. The van der Waals surface area contributed by atoms with Crippen molar-refractivity contribution in [3.8, 4) is 0 Å². The minimum atomic E-state index is 0.366. The summed E-state index contributed by atoms with van der Waals surface area (Å²) in [5.41, 5.74) is 0.366. The molecule has 1 radical (unpaired) electrons. The third-order valence-corrected chi connectivity index (χ3v) is 2.02. The van der Waals surface area contributed by atoms with Crippen molar-refractivity contribution in [2.45, 2.75) is 11.8 Å². The molecule has 0 aliphatic carbocycles. The van der Waals surface area contributed by atoms with Crippen molar-refractivity contribution in [3.05, 3.63) is 24.0 Å². The molecule has 0 aliphatic rings. The topological polar surface area (TPSA) is 30.0 Å². The van der Waals surface area contributed by atoms with Crippen LogP contribution >= 0.6 is 11.8 Å². The molecule has 1 heterocycles. The van der Waals surface area contributed by atoms with E-state index in [2.05, 4.69) is 11.9 Å². The molecule has 0 aliphatic heterocycles. The number of carbonyl (C=O) groups excluding carboxylic acids is 1. The van der Waals surface area contributed by atoms with Gasteiger partial charge in [-0.05, 0) is 17.9 Å². The van der Waals surface area contributed by atoms with E-state index in [1.807, 2.05) is 6.07 Å². The van der Waals surface area contributed by atoms with Crippen LogP contribution in [-0.4, -0.2) is 17.0 Å². The fourth-order valence-corrected chi connectivity index (χ4v) is 1.32. The molecule has 11 heavy (non-hydrogen) atoms. The number of rotatable bonds is 3. The first-order valence-corrected chi connectivity index (χ1v) is 4.32.